The number of rotatable bonds is 2. The van der Waals surface area contributed by atoms with Crippen LogP contribution in [0, 0.1) is 0 Å². The number of hydrogen-bond donors (Lipinski definition) is 1. The Balaban J connectivity index is 2.23. The summed E-state index contributed by atoms with van der Waals surface area (Å²) in [5.41, 5.74) is -1.43. The minimum atomic E-state index is -1.43. The molecule has 4 heteroatoms. The van der Waals surface area contributed by atoms with E-state index in [1.54, 1.807) is 0 Å². The lowest BCUT2D eigenvalue weighted by atomic mass is 10.1. The van der Waals surface area contributed by atoms with Gasteiger partial charge in [-0.3, -0.25) is 5.10 Å². The van der Waals surface area contributed by atoms with Crippen LogP contribution >= 0.6 is 0 Å². The summed E-state index contributed by atoms with van der Waals surface area (Å²) in [5, 5.41) is 6.61. The first-order valence-electron chi connectivity index (χ1n) is 4.19. The maximum atomic E-state index is 13.3. The van der Waals surface area contributed by atoms with E-state index in [0.717, 1.165) is 18.7 Å². The molecule has 1 saturated carbocycles. The van der Waals surface area contributed by atoms with Crippen molar-refractivity contribution in [3.05, 3.63) is 11.6 Å². The van der Waals surface area contributed by atoms with Crippen LogP contribution in [-0.4, -0.2) is 15.2 Å². The van der Waals surface area contributed by atoms with Crippen LogP contribution in [0.3, 0.4) is 0 Å². The molecule has 0 unspecified atom stereocenters. The second kappa shape index (κ2) is 2.28. The summed E-state index contributed by atoms with van der Waals surface area (Å²) < 4.78 is 13.3. The highest BCUT2D eigenvalue weighted by atomic mass is 19.1. The van der Waals surface area contributed by atoms with E-state index < -0.39 is 5.67 Å². The molecule has 0 bridgehead atoms. The molecule has 66 valence electrons. The van der Waals surface area contributed by atoms with Crippen molar-refractivity contribution in [2.75, 3.05) is 0 Å². The van der Waals surface area contributed by atoms with Crippen molar-refractivity contribution in [1.29, 1.82) is 0 Å². The van der Waals surface area contributed by atoms with Gasteiger partial charge in [0.25, 0.3) is 0 Å². The topological polar surface area (TPSA) is 41.6 Å². The summed E-state index contributed by atoms with van der Waals surface area (Å²) in [6.45, 7) is 2.93. The van der Waals surface area contributed by atoms with Crippen molar-refractivity contribution in [3.8, 4) is 0 Å². The van der Waals surface area contributed by atoms with E-state index in [1.807, 2.05) is 0 Å². The molecule has 0 spiro atoms. The lowest BCUT2D eigenvalue weighted by molar-refractivity contribution is 0.207. The van der Waals surface area contributed by atoms with Gasteiger partial charge in [-0.2, -0.15) is 5.10 Å². The van der Waals surface area contributed by atoms with Crippen molar-refractivity contribution in [2.45, 2.75) is 38.3 Å². The molecule has 0 radical (unpaired) electrons. The highest BCUT2D eigenvalue weighted by Gasteiger charge is 2.30. The second-order valence-corrected chi connectivity index (χ2v) is 3.79. The first kappa shape index (κ1) is 7.71. The Hall–Kier alpha value is -0.930. The van der Waals surface area contributed by atoms with Crippen LogP contribution in [0.5, 0.6) is 0 Å². The fourth-order valence-corrected chi connectivity index (χ4v) is 1.08. The molecule has 0 atom stereocenters. The lowest BCUT2D eigenvalue weighted by Gasteiger charge is -2.06. The van der Waals surface area contributed by atoms with Crippen molar-refractivity contribution in [1.82, 2.24) is 15.2 Å². The molecule has 1 aromatic rings. The van der Waals surface area contributed by atoms with E-state index in [2.05, 4.69) is 15.2 Å². The maximum absolute atomic E-state index is 13.3. The SMILES string of the molecule is CC(C)(F)c1n[nH]c(C2CC2)n1. The van der Waals surface area contributed by atoms with Gasteiger partial charge in [0.15, 0.2) is 11.5 Å². The van der Waals surface area contributed by atoms with E-state index in [9.17, 15) is 4.39 Å². The fraction of sp³-hybridized carbons (Fsp3) is 0.750. The number of halogens is 1. The van der Waals surface area contributed by atoms with Crippen LogP contribution in [0.1, 0.15) is 44.3 Å². The highest BCUT2D eigenvalue weighted by Crippen LogP contribution is 2.38. The molecule has 0 aromatic carbocycles. The third-order valence-electron chi connectivity index (χ3n) is 2.00. The summed E-state index contributed by atoms with van der Waals surface area (Å²) in [5.74, 6) is 1.62. The molecule has 1 aromatic heterocycles. The number of hydrogen-bond acceptors (Lipinski definition) is 2. The molecule has 0 saturated heterocycles. The van der Waals surface area contributed by atoms with Gasteiger partial charge in [-0.05, 0) is 26.7 Å². The quantitative estimate of drug-likeness (QED) is 0.734. The zero-order chi connectivity index (χ0) is 8.77. The van der Waals surface area contributed by atoms with Gasteiger partial charge < -0.3 is 0 Å². The van der Waals surface area contributed by atoms with E-state index in [-0.39, 0.29) is 5.82 Å². The Morgan fingerprint density at radius 2 is 2.17 bits per heavy atom. The molecule has 12 heavy (non-hydrogen) atoms. The summed E-state index contributed by atoms with van der Waals surface area (Å²) >= 11 is 0. The van der Waals surface area contributed by atoms with Crippen LogP contribution in [0.4, 0.5) is 4.39 Å². The number of nitrogens with zero attached hydrogens (tertiary/aromatic N) is 2. The fourth-order valence-electron chi connectivity index (χ4n) is 1.08. The van der Waals surface area contributed by atoms with Crippen LogP contribution in [-0.2, 0) is 5.67 Å². The average molecular weight is 169 g/mol. The molecule has 3 nitrogen and oxygen atoms in total. The number of nitrogens with one attached hydrogen (secondary N) is 1. The Kier molecular flexibility index (Phi) is 1.46. The predicted octanol–water partition coefficient (Wildman–Crippen LogP) is 1.89. The van der Waals surface area contributed by atoms with Crippen LogP contribution in [0.25, 0.3) is 0 Å². The van der Waals surface area contributed by atoms with Gasteiger partial charge in [0.05, 0.1) is 0 Å². The largest absolute Gasteiger partial charge is 0.263 e. The summed E-state index contributed by atoms with van der Waals surface area (Å²) in [4.78, 5) is 4.10. The van der Waals surface area contributed by atoms with E-state index in [0.29, 0.717) is 5.92 Å². The standard InChI is InChI=1S/C8H12FN3/c1-8(2,9)7-10-6(11-12-7)5-3-4-5/h5H,3-4H2,1-2H3,(H,10,11,12). The predicted molar refractivity (Wildman–Crippen MR) is 42.5 cm³/mol. The van der Waals surface area contributed by atoms with E-state index >= 15 is 0 Å². The van der Waals surface area contributed by atoms with Gasteiger partial charge in [0, 0.05) is 5.92 Å². The lowest BCUT2D eigenvalue weighted by Crippen LogP contribution is -2.11. The zero-order valence-corrected chi connectivity index (χ0v) is 7.26. The molecular weight excluding hydrogens is 157 g/mol. The summed E-state index contributed by atoms with van der Waals surface area (Å²) in [6, 6.07) is 0. The minimum Gasteiger partial charge on any atom is -0.263 e. The number of aromatic amines is 1. The second-order valence-electron chi connectivity index (χ2n) is 3.79. The first-order valence-corrected chi connectivity index (χ1v) is 4.19. The van der Waals surface area contributed by atoms with Gasteiger partial charge in [0.1, 0.15) is 5.82 Å². The van der Waals surface area contributed by atoms with Crippen LogP contribution in [0.2, 0.25) is 0 Å². The van der Waals surface area contributed by atoms with Crippen molar-refractivity contribution < 1.29 is 4.39 Å². The highest BCUT2D eigenvalue weighted by molar-refractivity contribution is 5.07. The molecule has 2 rings (SSSR count). The molecule has 0 aliphatic heterocycles. The number of aromatic nitrogens is 3. The Morgan fingerprint density at radius 3 is 2.58 bits per heavy atom. The Labute approximate surface area is 70.4 Å². The normalized spacial score (nSPS) is 18.2. The van der Waals surface area contributed by atoms with Gasteiger partial charge in [-0.1, -0.05) is 0 Å². The molecule has 1 N–H and O–H groups in total. The van der Waals surface area contributed by atoms with Crippen LogP contribution < -0.4 is 0 Å². The van der Waals surface area contributed by atoms with Crippen LogP contribution in [0.15, 0.2) is 0 Å². The van der Waals surface area contributed by atoms with E-state index in [1.165, 1.54) is 13.8 Å². The van der Waals surface area contributed by atoms with E-state index in [4.69, 9.17) is 0 Å². The average Bonchev–Trinajstić information content (AvgIpc) is 2.66. The van der Waals surface area contributed by atoms with Gasteiger partial charge >= 0.3 is 0 Å². The van der Waals surface area contributed by atoms with Crippen molar-refractivity contribution in [3.63, 3.8) is 0 Å². The smallest absolute Gasteiger partial charge is 0.187 e. The molecule has 1 aliphatic carbocycles. The Morgan fingerprint density at radius 1 is 1.50 bits per heavy atom. The number of H-pyrrole nitrogens is 1. The monoisotopic (exact) mass is 169 g/mol. The number of alkyl halides is 1. The van der Waals surface area contributed by atoms with Crippen molar-refractivity contribution >= 4 is 0 Å². The molecule has 1 heterocycles. The molecular formula is C8H12FN3. The van der Waals surface area contributed by atoms with Gasteiger partial charge in [-0.25, -0.2) is 9.37 Å². The molecule has 0 amide bonds. The molecule has 1 fully saturated rings. The summed E-state index contributed by atoms with van der Waals surface area (Å²) in [6.07, 6.45) is 2.31. The van der Waals surface area contributed by atoms with Gasteiger partial charge in [0.2, 0.25) is 0 Å². The third-order valence-corrected chi connectivity index (χ3v) is 2.00. The maximum Gasteiger partial charge on any atom is 0.187 e. The summed E-state index contributed by atoms with van der Waals surface area (Å²) in [7, 11) is 0. The first-order chi connectivity index (χ1) is 5.57. The van der Waals surface area contributed by atoms with Crippen molar-refractivity contribution in [2.24, 2.45) is 0 Å². The Bertz CT molecular complexity index is 283. The van der Waals surface area contributed by atoms with Gasteiger partial charge in [-0.15, -0.1) is 0 Å². The zero-order valence-electron chi connectivity index (χ0n) is 7.26. The third kappa shape index (κ3) is 1.33. The molecule has 1 aliphatic rings. The minimum absolute atomic E-state index is 0.268.